The Balaban J connectivity index is 2.14. The Bertz CT molecular complexity index is 646. The van der Waals surface area contributed by atoms with E-state index in [-0.39, 0.29) is 11.3 Å². The van der Waals surface area contributed by atoms with Gasteiger partial charge < -0.3 is 14.6 Å². The average Bonchev–Trinajstić information content (AvgIpc) is 2.35. The van der Waals surface area contributed by atoms with Gasteiger partial charge in [0.05, 0.1) is 0 Å². The van der Waals surface area contributed by atoms with Crippen molar-refractivity contribution < 1.29 is 19.4 Å². The highest BCUT2D eigenvalue weighted by molar-refractivity contribution is 5.92. The fourth-order valence-electron chi connectivity index (χ4n) is 1.88. The highest BCUT2D eigenvalue weighted by atomic mass is 16.6. The van der Waals surface area contributed by atoms with Gasteiger partial charge in [-0.1, -0.05) is 12.1 Å². The molecule has 1 aliphatic rings. The zero-order chi connectivity index (χ0) is 12.7. The Kier molecular flexibility index (Phi) is 2.23. The number of hydrogen-bond acceptors (Lipinski definition) is 3. The van der Waals surface area contributed by atoms with Crippen molar-refractivity contribution in [2.75, 3.05) is 0 Å². The third-order valence-corrected chi connectivity index (χ3v) is 2.74. The van der Waals surface area contributed by atoms with E-state index in [0.717, 1.165) is 5.56 Å². The van der Waals surface area contributed by atoms with E-state index in [4.69, 9.17) is 14.6 Å². The van der Waals surface area contributed by atoms with E-state index >= 15 is 0 Å². The molecule has 4 nitrogen and oxygen atoms in total. The second-order valence-corrected chi connectivity index (χ2v) is 4.09. The lowest BCUT2D eigenvalue weighted by Crippen LogP contribution is -2.05. The maximum absolute atomic E-state index is 11.1. The van der Waals surface area contributed by atoms with Gasteiger partial charge in [0, 0.05) is 0 Å². The van der Waals surface area contributed by atoms with E-state index in [1.165, 1.54) is 6.07 Å². The van der Waals surface area contributed by atoms with Crippen molar-refractivity contribution in [2.24, 2.45) is 0 Å². The first-order chi connectivity index (χ1) is 8.65. The zero-order valence-corrected chi connectivity index (χ0v) is 9.64. The molecular formula is C14H10O4. The first-order valence-corrected chi connectivity index (χ1v) is 5.48. The molecule has 2 aromatic carbocycles. The topological polar surface area (TPSA) is 55.8 Å². The lowest BCUT2D eigenvalue weighted by atomic mass is 10.1. The van der Waals surface area contributed by atoms with Crippen LogP contribution >= 0.6 is 0 Å². The summed E-state index contributed by atoms with van der Waals surface area (Å²) in [4.78, 5) is 11.1. The Morgan fingerprint density at radius 1 is 1.06 bits per heavy atom. The molecule has 3 rings (SSSR count). The molecule has 0 fully saturated rings. The van der Waals surface area contributed by atoms with E-state index in [1.54, 1.807) is 18.2 Å². The number of aromatic carboxylic acids is 1. The Hall–Kier alpha value is -2.49. The third kappa shape index (κ3) is 1.59. The number of carboxylic acid groups (broad SMARTS) is 1. The number of aryl methyl sites for hydroxylation is 1. The summed E-state index contributed by atoms with van der Waals surface area (Å²) in [6, 6.07) is 10.3. The molecule has 18 heavy (non-hydrogen) atoms. The fraction of sp³-hybridized carbons (Fsp3) is 0.0714. The van der Waals surface area contributed by atoms with Crippen LogP contribution in [0.2, 0.25) is 0 Å². The van der Waals surface area contributed by atoms with E-state index in [1.807, 2.05) is 19.1 Å². The molecular weight excluding hydrogens is 232 g/mol. The normalized spacial score (nSPS) is 11.8. The molecule has 0 unspecified atom stereocenters. The zero-order valence-electron chi connectivity index (χ0n) is 9.64. The first-order valence-electron chi connectivity index (χ1n) is 5.48. The van der Waals surface area contributed by atoms with Gasteiger partial charge in [0.2, 0.25) is 0 Å². The lowest BCUT2D eigenvalue weighted by Gasteiger charge is -2.21. The smallest absolute Gasteiger partial charge is 0.339 e. The SMILES string of the molecule is Cc1ccc2c(c1)Oc1c(cccc1C(=O)O)O2. The Morgan fingerprint density at radius 2 is 1.89 bits per heavy atom. The summed E-state index contributed by atoms with van der Waals surface area (Å²) in [5.41, 5.74) is 1.12. The van der Waals surface area contributed by atoms with Gasteiger partial charge in [-0.15, -0.1) is 0 Å². The molecule has 0 saturated heterocycles. The number of carbonyl (C=O) groups is 1. The van der Waals surface area contributed by atoms with Gasteiger partial charge in [-0.2, -0.15) is 0 Å². The maximum Gasteiger partial charge on any atom is 0.339 e. The number of hydrogen-bond donors (Lipinski definition) is 1. The molecule has 1 N–H and O–H groups in total. The van der Waals surface area contributed by atoms with E-state index < -0.39 is 5.97 Å². The van der Waals surface area contributed by atoms with Crippen LogP contribution in [0.4, 0.5) is 0 Å². The Labute approximate surface area is 103 Å². The summed E-state index contributed by atoms with van der Waals surface area (Å²) in [5.74, 6) is 0.771. The summed E-state index contributed by atoms with van der Waals surface area (Å²) in [7, 11) is 0. The van der Waals surface area contributed by atoms with Gasteiger partial charge in [-0.25, -0.2) is 4.79 Å². The number of para-hydroxylation sites is 1. The summed E-state index contributed by atoms with van der Waals surface area (Å²) in [5, 5.41) is 9.11. The molecule has 90 valence electrons. The Morgan fingerprint density at radius 3 is 2.67 bits per heavy atom. The predicted octanol–water partition coefficient (Wildman–Crippen LogP) is 3.59. The fourth-order valence-corrected chi connectivity index (χ4v) is 1.88. The third-order valence-electron chi connectivity index (χ3n) is 2.74. The van der Waals surface area contributed by atoms with Gasteiger partial charge in [-0.05, 0) is 36.8 Å². The van der Waals surface area contributed by atoms with Crippen molar-refractivity contribution in [3.63, 3.8) is 0 Å². The van der Waals surface area contributed by atoms with Crippen LogP contribution in [0.3, 0.4) is 0 Å². The minimum atomic E-state index is -1.04. The number of benzene rings is 2. The second kappa shape index (κ2) is 3.77. The predicted molar refractivity (Wildman–Crippen MR) is 64.7 cm³/mol. The first kappa shape index (κ1) is 10.7. The molecule has 4 heteroatoms. The van der Waals surface area contributed by atoms with Crippen LogP contribution in [0.15, 0.2) is 36.4 Å². The van der Waals surface area contributed by atoms with Gasteiger partial charge in [-0.3, -0.25) is 0 Å². The quantitative estimate of drug-likeness (QED) is 0.708. The summed E-state index contributed by atoms with van der Waals surface area (Å²) < 4.78 is 11.3. The molecule has 0 radical (unpaired) electrons. The number of ether oxygens (including phenoxy) is 2. The van der Waals surface area contributed by atoms with Crippen LogP contribution in [0.25, 0.3) is 0 Å². The van der Waals surface area contributed by atoms with E-state index in [2.05, 4.69) is 0 Å². The van der Waals surface area contributed by atoms with Gasteiger partial charge in [0.1, 0.15) is 5.56 Å². The highest BCUT2D eigenvalue weighted by Crippen LogP contribution is 2.46. The molecule has 0 spiro atoms. The molecule has 0 amide bonds. The van der Waals surface area contributed by atoms with Crippen molar-refractivity contribution in [1.82, 2.24) is 0 Å². The molecule has 1 aliphatic heterocycles. The summed E-state index contributed by atoms with van der Waals surface area (Å²) in [6.07, 6.45) is 0. The average molecular weight is 242 g/mol. The van der Waals surface area contributed by atoms with Gasteiger partial charge in [0.25, 0.3) is 0 Å². The van der Waals surface area contributed by atoms with E-state index in [9.17, 15) is 4.79 Å². The van der Waals surface area contributed by atoms with Crippen molar-refractivity contribution in [3.8, 4) is 23.0 Å². The van der Waals surface area contributed by atoms with Crippen molar-refractivity contribution in [3.05, 3.63) is 47.5 Å². The number of carboxylic acids is 1. The molecule has 0 bridgehead atoms. The second-order valence-electron chi connectivity index (χ2n) is 4.09. The van der Waals surface area contributed by atoms with Crippen molar-refractivity contribution >= 4 is 5.97 Å². The molecule has 0 aliphatic carbocycles. The molecule has 0 atom stereocenters. The monoisotopic (exact) mass is 242 g/mol. The minimum absolute atomic E-state index is 0.0969. The van der Waals surface area contributed by atoms with Crippen LogP contribution in [0.5, 0.6) is 23.0 Å². The minimum Gasteiger partial charge on any atom is -0.478 e. The van der Waals surface area contributed by atoms with Crippen LogP contribution in [0, 0.1) is 6.92 Å². The van der Waals surface area contributed by atoms with Gasteiger partial charge in [0.15, 0.2) is 23.0 Å². The van der Waals surface area contributed by atoms with Crippen LogP contribution < -0.4 is 9.47 Å². The van der Waals surface area contributed by atoms with Crippen molar-refractivity contribution in [1.29, 1.82) is 0 Å². The van der Waals surface area contributed by atoms with Crippen LogP contribution in [-0.4, -0.2) is 11.1 Å². The standard InChI is InChI=1S/C14H10O4/c1-8-5-6-10-12(7-8)18-13-9(14(15)16)3-2-4-11(13)17-10/h2-7H,1H3,(H,15,16). The summed E-state index contributed by atoms with van der Waals surface area (Å²) >= 11 is 0. The lowest BCUT2D eigenvalue weighted by molar-refractivity contribution is 0.0693. The van der Waals surface area contributed by atoms with Gasteiger partial charge >= 0.3 is 5.97 Å². The van der Waals surface area contributed by atoms with Crippen LogP contribution in [-0.2, 0) is 0 Å². The van der Waals surface area contributed by atoms with E-state index in [0.29, 0.717) is 17.2 Å². The summed E-state index contributed by atoms with van der Waals surface area (Å²) in [6.45, 7) is 1.93. The number of fused-ring (bicyclic) bond motifs is 2. The number of rotatable bonds is 1. The highest BCUT2D eigenvalue weighted by Gasteiger charge is 2.24. The van der Waals surface area contributed by atoms with Crippen molar-refractivity contribution in [2.45, 2.75) is 6.92 Å². The largest absolute Gasteiger partial charge is 0.478 e. The maximum atomic E-state index is 11.1. The molecule has 0 saturated carbocycles. The van der Waals surface area contributed by atoms with Crippen LogP contribution in [0.1, 0.15) is 15.9 Å². The molecule has 0 aromatic heterocycles. The molecule has 1 heterocycles. The molecule has 2 aromatic rings.